The number of fused-ring (bicyclic) bond motifs is 2. The highest BCUT2D eigenvalue weighted by molar-refractivity contribution is 7.16. The summed E-state index contributed by atoms with van der Waals surface area (Å²) in [6.07, 6.45) is 1.48. The molecule has 0 aliphatic rings. The third-order valence-electron chi connectivity index (χ3n) is 3.61. The third kappa shape index (κ3) is 1.86. The van der Waals surface area contributed by atoms with Crippen LogP contribution in [0.3, 0.4) is 0 Å². The van der Waals surface area contributed by atoms with Crippen molar-refractivity contribution in [1.29, 1.82) is 0 Å². The SMILES string of the molecule is CC(C)n1nc(-c2ccc3ncsc3c2)c2c(N)ncnc21. The minimum atomic E-state index is 0.192. The normalized spacial score (nSPS) is 11.8. The molecule has 0 aliphatic carbocycles. The number of nitrogens with two attached hydrogens (primary N) is 1. The summed E-state index contributed by atoms with van der Waals surface area (Å²) in [5.41, 5.74) is 11.5. The molecule has 3 heterocycles. The van der Waals surface area contributed by atoms with Gasteiger partial charge >= 0.3 is 0 Å². The molecule has 0 bridgehead atoms. The summed E-state index contributed by atoms with van der Waals surface area (Å²) in [5.74, 6) is 0.455. The van der Waals surface area contributed by atoms with Crippen molar-refractivity contribution in [1.82, 2.24) is 24.7 Å². The summed E-state index contributed by atoms with van der Waals surface area (Å²) in [7, 11) is 0. The average molecular weight is 310 g/mol. The maximum absolute atomic E-state index is 6.09. The van der Waals surface area contributed by atoms with Gasteiger partial charge in [-0.05, 0) is 26.0 Å². The number of benzene rings is 1. The number of aromatic nitrogens is 5. The predicted molar refractivity (Wildman–Crippen MR) is 88.7 cm³/mol. The van der Waals surface area contributed by atoms with Gasteiger partial charge in [0.25, 0.3) is 0 Å². The van der Waals surface area contributed by atoms with Gasteiger partial charge in [-0.3, -0.25) is 0 Å². The summed E-state index contributed by atoms with van der Waals surface area (Å²) in [6.45, 7) is 4.14. The molecule has 2 N–H and O–H groups in total. The minimum Gasteiger partial charge on any atom is -0.383 e. The first-order valence-corrected chi connectivity index (χ1v) is 7.85. The molecular formula is C15H14N6S. The second-order valence-corrected chi connectivity index (χ2v) is 6.27. The van der Waals surface area contributed by atoms with Crippen molar-refractivity contribution in [2.75, 3.05) is 5.73 Å². The zero-order valence-corrected chi connectivity index (χ0v) is 13.0. The highest BCUT2D eigenvalue weighted by Crippen LogP contribution is 2.33. The first kappa shape index (κ1) is 13.1. The number of anilines is 1. The summed E-state index contributed by atoms with van der Waals surface area (Å²) < 4.78 is 3.01. The van der Waals surface area contributed by atoms with Gasteiger partial charge in [0, 0.05) is 11.6 Å². The Bertz CT molecular complexity index is 984. The lowest BCUT2D eigenvalue weighted by atomic mass is 10.1. The number of hydrogen-bond acceptors (Lipinski definition) is 6. The fourth-order valence-electron chi connectivity index (χ4n) is 2.56. The summed E-state index contributed by atoms with van der Waals surface area (Å²) in [4.78, 5) is 12.8. The van der Waals surface area contributed by atoms with Crippen molar-refractivity contribution in [2.24, 2.45) is 0 Å². The minimum absolute atomic E-state index is 0.192. The quantitative estimate of drug-likeness (QED) is 0.614. The van der Waals surface area contributed by atoms with Gasteiger partial charge in [0.15, 0.2) is 5.65 Å². The van der Waals surface area contributed by atoms with E-state index in [-0.39, 0.29) is 6.04 Å². The van der Waals surface area contributed by atoms with E-state index in [2.05, 4.69) is 34.9 Å². The van der Waals surface area contributed by atoms with Crippen molar-refractivity contribution in [3.63, 3.8) is 0 Å². The number of thiazole rings is 1. The van der Waals surface area contributed by atoms with Crippen LogP contribution in [0.5, 0.6) is 0 Å². The first-order chi connectivity index (χ1) is 10.6. The van der Waals surface area contributed by atoms with Crippen molar-refractivity contribution in [3.05, 3.63) is 30.0 Å². The number of nitrogen functional groups attached to an aromatic ring is 1. The van der Waals surface area contributed by atoms with E-state index in [9.17, 15) is 0 Å². The Hall–Kier alpha value is -2.54. The Morgan fingerprint density at radius 3 is 2.86 bits per heavy atom. The molecule has 7 heteroatoms. The van der Waals surface area contributed by atoms with Crippen LogP contribution in [0.25, 0.3) is 32.5 Å². The molecule has 0 amide bonds. The molecule has 0 spiro atoms. The van der Waals surface area contributed by atoms with Gasteiger partial charge in [0.2, 0.25) is 0 Å². The Labute approximate surface area is 130 Å². The van der Waals surface area contributed by atoms with E-state index in [4.69, 9.17) is 10.8 Å². The van der Waals surface area contributed by atoms with Crippen molar-refractivity contribution < 1.29 is 0 Å². The molecule has 4 rings (SSSR count). The van der Waals surface area contributed by atoms with E-state index in [1.807, 2.05) is 22.3 Å². The van der Waals surface area contributed by atoms with Crippen LogP contribution in [-0.4, -0.2) is 24.7 Å². The Morgan fingerprint density at radius 2 is 2.05 bits per heavy atom. The summed E-state index contributed by atoms with van der Waals surface area (Å²) >= 11 is 1.61. The lowest BCUT2D eigenvalue weighted by Gasteiger charge is -2.05. The van der Waals surface area contributed by atoms with Crippen molar-refractivity contribution in [2.45, 2.75) is 19.9 Å². The van der Waals surface area contributed by atoms with Crippen LogP contribution in [-0.2, 0) is 0 Å². The lowest BCUT2D eigenvalue weighted by molar-refractivity contribution is 0.548. The number of rotatable bonds is 2. The van der Waals surface area contributed by atoms with Crippen LogP contribution in [0, 0.1) is 0 Å². The molecule has 0 aliphatic heterocycles. The maximum atomic E-state index is 6.09. The molecule has 4 aromatic rings. The van der Waals surface area contributed by atoms with Gasteiger partial charge in [-0.2, -0.15) is 5.10 Å². The second kappa shape index (κ2) is 4.74. The average Bonchev–Trinajstić information content (AvgIpc) is 3.11. The van der Waals surface area contributed by atoms with Gasteiger partial charge in [0.1, 0.15) is 17.8 Å². The summed E-state index contributed by atoms with van der Waals surface area (Å²) in [6, 6.07) is 6.30. The molecule has 0 radical (unpaired) electrons. The molecule has 1 aromatic carbocycles. The molecule has 3 aromatic heterocycles. The molecular weight excluding hydrogens is 296 g/mol. The van der Waals surface area contributed by atoms with Crippen LogP contribution >= 0.6 is 11.3 Å². The topological polar surface area (TPSA) is 82.5 Å². The standard InChI is InChI=1S/C15H14N6S/c1-8(2)21-15-12(14(16)17-6-18-15)13(20-21)9-3-4-10-11(5-9)22-7-19-10/h3-8H,1-2H3,(H2,16,17,18). The molecule has 0 fully saturated rings. The van der Waals surface area contributed by atoms with Crippen LogP contribution in [0.2, 0.25) is 0 Å². The van der Waals surface area contributed by atoms with Gasteiger partial charge < -0.3 is 5.73 Å². The van der Waals surface area contributed by atoms with Crippen LogP contribution < -0.4 is 5.73 Å². The summed E-state index contributed by atoms with van der Waals surface area (Å²) in [5, 5.41) is 5.54. The third-order valence-corrected chi connectivity index (χ3v) is 4.40. The molecule has 110 valence electrons. The van der Waals surface area contributed by atoms with Crippen molar-refractivity contribution in [3.8, 4) is 11.3 Å². The van der Waals surface area contributed by atoms with Crippen LogP contribution in [0.4, 0.5) is 5.82 Å². The molecule has 0 saturated heterocycles. The first-order valence-electron chi connectivity index (χ1n) is 6.97. The molecule has 22 heavy (non-hydrogen) atoms. The van der Waals surface area contributed by atoms with Gasteiger partial charge in [-0.1, -0.05) is 6.07 Å². The largest absolute Gasteiger partial charge is 0.383 e. The van der Waals surface area contributed by atoms with E-state index in [0.717, 1.165) is 32.5 Å². The Kier molecular flexibility index (Phi) is 2.83. The fourth-order valence-corrected chi connectivity index (χ4v) is 3.28. The Balaban J connectivity index is 2.05. The maximum Gasteiger partial charge on any atom is 0.164 e. The smallest absolute Gasteiger partial charge is 0.164 e. The van der Waals surface area contributed by atoms with E-state index in [0.29, 0.717) is 5.82 Å². The van der Waals surface area contributed by atoms with E-state index in [1.54, 1.807) is 11.3 Å². The van der Waals surface area contributed by atoms with Crippen molar-refractivity contribution >= 4 is 38.4 Å². The molecule has 0 atom stereocenters. The Morgan fingerprint density at radius 1 is 1.18 bits per heavy atom. The molecule has 0 unspecified atom stereocenters. The number of hydrogen-bond donors (Lipinski definition) is 1. The van der Waals surface area contributed by atoms with Crippen LogP contribution in [0.1, 0.15) is 19.9 Å². The van der Waals surface area contributed by atoms with Crippen LogP contribution in [0.15, 0.2) is 30.0 Å². The zero-order chi connectivity index (χ0) is 15.3. The monoisotopic (exact) mass is 310 g/mol. The zero-order valence-electron chi connectivity index (χ0n) is 12.2. The van der Waals surface area contributed by atoms with E-state index in [1.165, 1.54) is 6.33 Å². The van der Waals surface area contributed by atoms with Gasteiger partial charge in [0.05, 0.1) is 21.1 Å². The predicted octanol–water partition coefficient (Wildman–Crippen LogP) is 3.27. The second-order valence-electron chi connectivity index (χ2n) is 5.38. The van der Waals surface area contributed by atoms with E-state index < -0.39 is 0 Å². The lowest BCUT2D eigenvalue weighted by Crippen LogP contribution is -2.04. The molecule has 0 saturated carbocycles. The van der Waals surface area contributed by atoms with Gasteiger partial charge in [-0.25, -0.2) is 19.6 Å². The van der Waals surface area contributed by atoms with E-state index >= 15 is 0 Å². The highest BCUT2D eigenvalue weighted by Gasteiger charge is 2.18. The number of nitrogens with zero attached hydrogens (tertiary/aromatic N) is 5. The fraction of sp³-hybridized carbons (Fsp3) is 0.200. The highest BCUT2D eigenvalue weighted by atomic mass is 32.1. The molecule has 6 nitrogen and oxygen atoms in total. The van der Waals surface area contributed by atoms with Gasteiger partial charge in [-0.15, -0.1) is 11.3 Å².